The van der Waals surface area contributed by atoms with Gasteiger partial charge in [-0.25, -0.2) is 4.79 Å². The molecule has 0 aliphatic carbocycles. The lowest BCUT2D eigenvalue weighted by atomic mass is 10.00. The molecule has 18 heavy (non-hydrogen) atoms. The molecule has 0 aromatic rings. The summed E-state index contributed by atoms with van der Waals surface area (Å²) in [5.74, 6) is 0.292. The predicted molar refractivity (Wildman–Crippen MR) is 71.2 cm³/mol. The van der Waals surface area contributed by atoms with Crippen LogP contribution < -0.4 is 5.32 Å². The molecule has 5 nitrogen and oxygen atoms in total. The van der Waals surface area contributed by atoms with Gasteiger partial charge >= 0.3 is 6.09 Å². The molecule has 0 spiro atoms. The Morgan fingerprint density at radius 1 is 1.06 bits per heavy atom. The van der Waals surface area contributed by atoms with E-state index in [1.165, 1.54) is 7.11 Å². The Kier molecular flexibility index (Phi) is 6.73. The normalized spacial score (nSPS) is 14.3. The summed E-state index contributed by atoms with van der Waals surface area (Å²) in [4.78, 5) is 25.3. The number of carbonyl (C=O) groups excluding carboxylic acids is 2. The Hall–Kier alpha value is -1.26. The van der Waals surface area contributed by atoms with E-state index >= 15 is 0 Å². The van der Waals surface area contributed by atoms with E-state index in [-0.39, 0.29) is 17.9 Å². The van der Waals surface area contributed by atoms with Crippen molar-refractivity contribution in [2.75, 3.05) is 14.2 Å². The van der Waals surface area contributed by atoms with Crippen LogP contribution in [-0.2, 0) is 9.53 Å². The lowest BCUT2D eigenvalue weighted by Crippen LogP contribution is -2.53. The molecular formula is C13H26N2O3. The van der Waals surface area contributed by atoms with Gasteiger partial charge < -0.3 is 15.0 Å². The number of nitrogens with one attached hydrogen (secondary N) is 1. The van der Waals surface area contributed by atoms with Crippen LogP contribution in [0.1, 0.15) is 34.6 Å². The molecule has 2 amide bonds. The van der Waals surface area contributed by atoms with Gasteiger partial charge in [-0.3, -0.25) is 4.79 Å². The zero-order valence-corrected chi connectivity index (χ0v) is 12.5. The number of carbonyl (C=O) groups is 2. The lowest BCUT2D eigenvalue weighted by molar-refractivity contribution is -0.135. The fraction of sp³-hybridized carbons (Fsp3) is 0.846. The first-order valence-electron chi connectivity index (χ1n) is 6.33. The molecule has 1 N–H and O–H groups in total. The molecule has 0 aromatic heterocycles. The SMILES string of the molecule is COC(=O)N[C@H](C(=O)N(C)[C@@H](C)C(C)C)C(C)C. The molecule has 0 aliphatic heterocycles. The maximum Gasteiger partial charge on any atom is 0.407 e. The second kappa shape index (κ2) is 7.24. The van der Waals surface area contributed by atoms with Crippen molar-refractivity contribution in [2.45, 2.75) is 46.7 Å². The van der Waals surface area contributed by atoms with Gasteiger partial charge in [-0.15, -0.1) is 0 Å². The fourth-order valence-corrected chi connectivity index (χ4v) is 1.57. The zero-order valence-electron chi connectivity index (χ0n) is 12.5. The van der Waals surface area contributed by atoms with Gasteiger partial charge in [-0.1, -0.05) is 27.7 Å². The Morgan fingerprint density at radius 3 is 1.89 bits per heavy atom. The lowest BCUT2D eigenvalue weighted by Gasteiger charge is -2.32. The minimum Gasteiger partial charge on any atom is -0.453 e. The van der Waals surface area contributed by atoms with E-state index in [2.05, 4.69) is 23.9 Å². The maximum atomic E-state index is 12.3. The van der Waals surface area contributed by atoms with E-state index in [0.717, 1.165) is 0 Å². The number of likely N-dealkylation sites (N-methyl/N-ethyl adjacent to an activating group) is 1. The molecule has 5 heteroatoms. The zero-order chi connectivity index (χ0) is 14.5. The van der Waals surface area contributed by atoms with E-state index in [1.807, 2.05) is 20.8 Å². The first kappa shape index (κ1) is 16.7. The number of hydrogen-bond acceptors (Lipinski definition) is 3. The molecule has 0 rings (SSSR count). The number of methoxy groups -OCH3 is 1. The van der Waals surface area contributed by atoms with Crippen molar-refractivity contribution in [1.82, 2.24) is 10.2 Å². The van der Waals surface area contributed by atoms with Gasteiger partial charge in [0.25, 0.3) is 0 Å². The third kappa shape index (κ3) is 4.55. The van der Waals surface area contributed by atoms with Crippen molar-refractivity contribution in [1.29, 1.82) is 0 Å². The molecule has 106 valence electrons. The smallest absolute Gasteiger partial charge is 0.407 e. The molecule has 2 atom stereocenters. The molecule has 0 unspecified atom stereocenters. The van der Waals surface area contributed by atoms with Crippen LogP contribution in [0.4, 0.5) is 4.79 Å². The van der Waals surface area contributed by atoms with E-state index < -0.39 is 12.1 Å². The molecule has 0 radical (unpaired) electrons. The van der Waals surface area contributed by atoms with Crippen molar-refractivity contribution in [3.05, 3.63) is 0 Å². The number of rotatable bonds is 5. The van der Waals surface area contributed by atoms with E-state index in [1.54, 1.807) is 11.9 Å². The van der Waals surface area contributed by atoms with Gasteiger partial charge in [0, 0.05) is 13.1 Å². The largest absolute Gasteiger partial charge is 0.453 e. The van der Waals surface area contributed by atoms with Crippen LogP contribution in [0.3, 0.4) is 0 Å². The van der Waals surface area contributed by atoms with Gasteiger partial charge in [0.1, 0.15) is 6.04 Å². The summed E-state index contributed by atoms with van der Waals surface area (Å²) >= 11 is 0. The molecule has 0 fully saturated rings. The minimum absolute atomic E-state index is 0.0124. The highest BCUT2D eigenvalue weighted by molar-refractivity contribution is 5.86. The van der Waals surface area contributed by atoms with Crippen LogP contribution in [0, 0.1) is 11.8 Å². The fourth-order valence-electron chi connectivity index (χ4n) is 1.57. The van der Waals surface area contributed by atoms with Gasteiger partial charge in [0.15, 0.2) is 0 Å². The predicted octanol–water partition coefficient (Wildman–Crippen LogP) is 1.87. The number of ether oxygens (including phenoxy) is 1. The standard InChI is InChI=1S/C13H26N2O3/c1-8(2)10(5)15(6)12(16)11(9(3)4)14-13(17)18-7/h8-11H,1-7H3,(H,14,17)/t10-,11-/m0/s1. The van der Waals surface area contributed by atoms with Crippen molar-refractivity contribution >= 4 is 12.0 Å². The topological polar surface area (TPSA) is 58.6 Å². The summed E-state index contributed by atoms with van der Waals surface area (Å²) in [5, 5.41) is 2.59. The van der Waals surface area contributed by atoms with Gasteiger partial charge in [-0.05, 0) is 18.8 Å². The van der Waals surface area contributed by atoms with Crippen molar-refractivity contribution in [3.63, 3.8) is 0 Å². The quantitative estimate of drug-likeness (QED) is 0.819. The molecule has 0 saturated carbocycles. The van der Waals surface area contributed by atoms with Crippen LogP contribution in [0.15, 0.2) is 0 Å². The second-order valence-corrected chi connectivity index (χ2v) is 5.29. The Labute approximate surface area is 110 Å². The summed E-state index contributed by atoms with van der Waals surface area (Å²) in [6.45, 7) is 9.91. The third-order valence-corrected chi connectivity index (χ3v) is 3.31. The van der Waals surface area contributed by atoms with E-state index in [9.17, 15) is 9.59 Å². The third-order valence-electron chi connectivity index (χ3n) is 3.31. The highest BCUT2D eigenvalue weighted by Crippen LogP contribution is 2.12. The summed E-state index contributed by atoms with van der Waals surface area (Å²) in [5.41, 5.74) is 0. The van der Waals surface area contributed by atoms with Gasteiger partial charge in [0.05, 0.1) is 7.11 Å². The Balaban J connectivity index is 4.81. The van der Waals surface area contributed by atoms with E-state index in [0.29, 0.717) is 5.92 Å². The summed E-state index contributed by atoms with van der Waals surface area (Å²) in [6.07, 6.45) is -0.576. The highest BCUT2D eigenvalue weighted by Gasteiger charge is 2.30. The molecule has 0 saturated heterocycles. The monoisotopic (exact) mass is 258 g/mol. The van der Waals surface area contributed by atoms with Crippen LogP contribution in [0.25, 0.3) is 0 Å². The second-order valence-electron chi connectivity index (χ2n) is 5.29. The van der Waals surface area contributed by atoms with Gasteiger partial charge in [0.2, 0.25) is 5.91 Å². The maximum absolute atomic E-state index is 12.3. The summed E-state index contributed by atoms with van der Waals surface area (Å²) in [7, 11) is 3.05. The van der Waals surface area contributed by atoms with Crippen molar-refractivity contribution in [3.8, 4) is 0 Å². The number of amides is 2. The van der Waals surface area contributed by atoms with Crippen LogP contribution in [0.2, 0.25) is 0 Å². The summed E-state index contributed by atoms with van der Waals surface area (Å²) in [6, 6.07) is -0.429. The number of nitrogens with zero attached hydrogens (tertiary/aromatic N) is 1. The average Bonchev–Trinajstić information content (AvgIpc) is 2.32. The number of alkyl carbamates (subject to hydrolysis) is 1. The van der Waals surface area contributed by atoms with Crippen molar-refractivity contribution < 1.29 is 14.3 Å². The first-order valence-corrected chi connectivity index (χ1v) is 6.33. The van der Waals surface area contributed by atoms with Crippen molar-refractivity contribution in [2.24, 2.45) is 11.8 Å². The molecular weight excluding hydrogens is 232 g/mol. The number of hydrogen-bond donors (Lipinski definition) is 1. The van der Waals surface area contributed by atoms with Crippen LogP contribution in [-0.4, -0.2) is 43.1 Å². The average molecular weight is 258 g/mol. The Morgan fingerprint density at radius 2 is 1.56 bits per heavy atom. The minimum atomic E-state index is -0.576. The highest BCUT2D eigenvalue weighted by atomic mass is 16.5. The molecule has 0 aliphatic rings. The first-order chi connectivity index (χ1) is 8.22. The molecule has 0 bridgehead atoms. The molecule has 0 heterocycles. The Bertz CT molecular complexity index is 290. The summed E-state index contributed by atoms with van der Waals surface area (Å²) < 4.78 is 4.55. The van der Waals surface area contributed by atoms with E-state index in [4.69, 9.17) is 0 Å². The van der Waals surface area contributed by atoms with Crippen LogP contribution >= 0.6 is 0 Å². The van der Waals surface area contributed by atoms with Crippen LogP contribution in [0.5, 0.6) is 0 Å². The van der Waals surface area contributed by atoms with Gasteiger partial charge in [-0.2, -0.15) is 0 Å². The molecule has 0 aromatic carbocycles.